The Balaban J connectivity index is 1.82. The summed E-state index contributed by atoms with van der Waals surface area (Å²) in [4.78, 5) is 27.3. The number of likely N-dealkylation sites (N-methyl/N-ethyl adjacent to an activating group) is 1. The van der Waals surface area contributed by atoms with Crippen molar-refractivity contribution < 1.29 is 19.1 Å². The topological polar surface area (TPSA) is 91.9 Å². The lowest BCUT2D eigenvalue weighted by Gasteiger charge is -2.30. The SMILES string of the molecule is CO[C@@H]1CN(C)C(=O)c2cc(NC(=O)Nc3ccccc3)ccc2OC[C@@H](C)NC[C@@H]1C. The first-order valence-electron chi connectivity index (χ1n) is 10.8. The molecule has 8 nitrogen and oxygen atoms in total. The van der Waals surface area contributed by atoms with Crippen molar-refractivity contribution in [1.29, 1.82) is 0 Å². The highest BCUT2D eigenvalue weighted by Crippen LogP contribution is 2.26. The number of ether oxygens (including phenoxy) is 2. The summed E-state index contributed by atoms with van der Waals surface area (Å²) < 4.78 is 11.6. The van der Waals surface area contributed by atoms with Gasteiger partial charge in [-0.3, -0.25) is 4.79 Å². The number of benzene rings is 2. The second-order valence-electron chi connectivity index (χ2n) is 8.21. The minimum atomic E-state index is -0.392. The third-order valence-electron chi connectivity index (χ3n) is 5.51. The van der Waals surface area contributed by atoms with E-state index < -0.39 is 6.03 Å². The Morgan fingerprint density at radius 2 is 1.84 bits per heavy atom. The van der Waals surface area contributed by atoms with E-state index in [1.807, 2.05) is 25.1 Å². The molecular weight excluding hydrogens is 408 g/mol. The minimum absolute atomic E-state index is 0.101. The maximum atomic E-state index is 13.3. The molecule has 1 heterocycles. The fourth-order valence-corrected chi connectivity index (χ4v) is 3.55. The van der Waals surface area contributed by atoms with Crippen LogP contribution < -0.4 is 20.7 Å². The number of para-hydroxylation sites is 1. The summed E-state index contributed by atoms with van der Waals surface area (Å²) >= 11 is 0. The van der Waals surface area contributed by atoms with Crippen LogP contribution in [0.15, 0.2) is 48.5 Å². The molecule has 1 aliphatic heterocycles. The molecule has 3 atom stereocenters. The Morgan fingerprint density at radius 1 is 1.12 bits per heavy atom. The molecule has 1 aliphatic rings. The predicted molar refractivity (Wildman–Crippen MR) is 125 cm³/mol. The quantitative estimate of drug-likeness (QED) is 0.680. The average molecular weight is 441 g/mol. The largest absolute Gasteiger partial charge is 0.491 e. The summed E-state index contributed by atoms with van der Waals surface area (Å²) in [6.45, 7) is 5.75. The van der Waals surface area contributed by atoms with Crippen molar-refractivity contribution in [2.75, 3.05) is 44.5 Å². The van der Waals surface area contributed by atoms with Crippen molar-refractivity contribution in [1.82, 2.24) is 10.2 Å². The van der Waals surface area contributed by atoms with Crippen molar-refractivity contribution in [2.45, 2.75) is 26.0 Å². The van der Waals surface area contributed by atoms with E-state index in [4.69, 9.17) is 9.47 Å². The fourth-order valence-electron chi connectivity index (χ4n) is 3.55. The van der Waals surface area contributed by atoms with E-state index in [0.717, 1.165) is 6.54 Å². The number of nitrogens with one attached hydrogen (secondary N) is 3. The van der Waals surface area contributed by atoms with Crippen LogP contribution in [0.3, 0.4) is 0 Å². The van der Waals surface area contributed by atoms with Crippen molar-refractivity contribution >= 4 is 23.3 Å². The summed E-state index contributed by atoms with van der Waals surface area (Å²) in [6, 6.07) is 13.9. The highest BCUT2D eigenvalue weighted by atomic mass is 16.5. The van der Waals surface area contributed by atoms with E-state index in [1.54, 1.807) is 49.4 Å². The van der Waals surface area contributed by atoms with Gasteiger partial charge in [-0.1, -0.05) is 25.1 Å². The molecule has 0 aliphatic carbocycles. The monoisotopic (exact) mass is 440 g/mol. The molecule has 0 saturated heterocycles. The summed E-state index contributed by atoms with van der Waals surface area (Å²) in [6.07, 6.45) is -0.106. The lowest BCUT2D eigenvalue weighted by atomic mass is 10.0. The number of urea groups is 1. The first-order chi connectivity index (χ1) is 15.4. The molecule has 0 spiro atoms. The van der Waals surface area contributed by atoms with Gasteiger partial charge in [-0.25, -0.2) is 4.79 Å². The van der Waals surface area contributed by atoms with Crippen LogP contribution in [0.25, 0.3) is 0 Å². The molecule has 0 fully saturated rings. The molecule has 172 valence electrons. The van der Waals surface area contributed by atoms with Crippen molar-refractivity contribution in [2.24, 2.45) is 5.92 Å². The van der Waals surface area contributed by atoms with Gasteiger partial charge in [0.2, 0.25) is 0 Å². The normalized spacial score (nSPS) is 22.1. The third-order valence-corrected chi connectivity index (χ3v) is 5.51. The molecule has 3 N–H and O–H groups in total. The highest BCUT2D eigenvalue weighted by Gasteiger charge is 2.25. The Kier molecular flexibility index (Phi) is 8.08. The van der Waals surface area contributed by atoms with E-state index in [-0.39, 0.29) is 24.0 Å². The number of fused-ring (bicyclic) bond motifs is 1. The molecule has 3 amide bonds. The van der Waals surface area contributed by atoms with Crippen molar-refractivity contribution in [3.05, 3.63) is 54.1 Å². The van der Waals surface area contributed by atoms with Gasteiger partial charge in [-0.15, -0.1) is 0 Å². The first kappa shape index (κ1) is 23.6. The molecule has 0 aromatic heterocycles. The molecule has 3 rings (SSSR count). The number of hydrogen-bond donors (Lipinski definition) is 3. The number of methoxy groups -OCH3 is 1. The summed E-state index contributed by atoms with van der Waals surface area (Å²) in [5.41, 5.74) is 1.56. The van der Waals surface area contributed by atoms with Gasteiger partial charge < -0.3 is 30.3 Å². The molecule has 0 radical (unpaired) electrons. The lowest BCUT2D eigenvalue weighted by molar-refractivity contribution is 0.0281. The molecular formula is C24H32N4O4. The van der Waals surface area contributed by atoms with E-state index in [1.165, 1.54) is 0 Å². The Labute approximate surface area is 189 Å². The van der Waals surface area contributed by atoms with Crippen LogP contribution in [-0.4, -0.2) is 62.8 Å². The van der Waals surface area contributed by atoms with Crippen molar-refractivity contribution in [3.63, 3.8) is 0 Å². The molecule has 32 heavy (non-hydrogen) atoms. The Bertz CT molecular complexity index is 921. The van der Waals surface area contributed by atoms with Crippen LogP contribution in [0, 0.1) is 5.92 Å². The van der Waals surface area contributed by atoms with Gasteiger partial charge >= 0.3 is 6.03 Å². The Hall–Kier alpha value is -3.10. The molecule has 0 unspecified atom stereocenters. The summed E-state index contributed by atoms with van der Waals surface area (Å²) in [5, 5.41) is 9.01. The average Bonchev–Trinajstić information content (AvgIpc) is 2.79. The molecule has 8 heteroatoms. The number of rotatable bonds is 3. The number of carbonyl (C=O) groups is 2. The second-order valence-corrected chi connectivity index (χ2v) is 8.21. The van der Waals surface area contributed by atoms with Gasteiger partial charge in [-0.05, 0) is 43.2 Å². The van der Waals surface area contributed by atoms with E-state index >= 15 is 0 Å². The van der Waals surface area contributed by atoms with Gasteiger partial charge in [0, 0.05) is 44.7 Å². The number of anilines is 2. The van der Waals surface area contributed by atoms with E-state index in [9.17, 15) is 9.59 Å². The summed E-state index contributed by atoms with van der Waals surface area (Å²) in [5.74, 6) is 0.501. The van der Waals surface area contributed by atoms with Crippen LogP contribution in [0.1, 0.15) is 24.2 Å². The maximum Gasteiger partial charge on any atom is 0.323 e. The van der Waals surface area contributed by atoms with Crippen LogP contribution >= 0.6 is 0 Å². The summed E-state index contributed by atoms with van der Waals surface area (Å²) in [7, 11) is 3.41. The molecule has 2 aromatic carbocycles. The van der Waals surface area contributed by atoms with Crippen LogP contribution in [0.4, 0.5) is 16.2 Å². The maximum absolute atomic E-state index is 13.3. The first-order valence-corrected chi connectivity index (χ1v) is 10.8. The van der Waals surface area contributed by atoms with Crippen LogP contribution in [0.5, 0.6) is 5.75 Å². The van der Waals surface area contributed by atoms with Gasteiger partial charge in [0.25, 0.3) is 5.91 Å². The number of amides is 3. The molecule has 2 aromatic rings. The number of nitrogens with zero attached hydrogens (tertiary/aromatic N) is 1. The van der Waals surface area contributed by atoms with Gasteiger partial charge in [0.05, 0.1) is 11.7 Å². The predicted octanol–water partition coefficient (Wildman–Crippen LogP) is 3.42. The zero-order valence-electron chi connectivity index (χ0n) is 19.1. The smallest absolute Gasteiger partial charge is 0.323 e. The van der Waals surface area contributed by atoms with Gasteiger partial charge in [0.15, 0.2) is 0 Å². The van der Waals surface area contributed by atoms with E-state index in [2.05, 4.69) is 22.9 Å². The third kappa shape index (κ3) is 6.21. The van der Waals surface area contributed by atoms with Crippen molar-refractivity contribution in [3.8, 4) is 5.75 Å². The zero-order valence-corrected chi connectivity index (χ0v) is 19.1. The second kappa shape index (κ2) is 11.0. The minimum Gasteiger partial charge on any atom is -0.491 e. The Morgan fingerprint density at radius 3 is 2.56 bits per heavy atom. The fraction of sp³-hybridized carbons (Fsp3) is 0.417. The number of carbonyl (C=O) groups excluding carboxylic acids is 2. The lowest BCUT2D eigenvalue weighted by Crippen LogP contribution is -2.44. The zero-order chi connectivity index (χ0) is 23.1. The number of hydrogen-bond acceptors (Lipinski definition) is 5. The van der Waals surface area contributed by atoms with Gasteiger partial charge in [-0.2, -0.15) is 0 Å². The molecule has 0 bridgehead atoms. The van der Waals surface area contributed by atoms with Crippen LogP contribution in [0.2, 0.25) is 0 Å². The highest BCUT2D eigenvalue weighted by molar-refractivity contribution is 6.02. The van der Waals surface area contributed by atoms with Gasteiger partial charge in [0.1, 0.15) is 12.4 Å². The van der Waals surface area contributed by atoms with E-state index in [0.29, 0.717) is 35.8 Å². The van der Waals surface area contributed by atoms with Crippen LogP contribution in [-0.2, 0) is 4.74 Å². The molecule has 0 saturated carbocycles. The standard InChI is InChI=1S/C24H32N4O4/c1-16-13-25-17(2)15-32-21-11-10-19(27-24(30)26-18-8-6-5-7-9-18)12-20(21)23(29)28(3)14-22(16)31-4/h5-12,16-17,22,25H,13-15H2,1-4H3,(H2,26,27,30)/t16-,17+,22+/m0/s1.